The fourth-order valence-electron chi connectivity index (χ4n) is 1.11. The van der Waals surface area contributed by atoms with Gasteiger partial charge in [-0.25, -0.2) is 18.0 Å². The number of unbranched alkanes of at least 4 members (excludes halogenated alkanes) is 1. The maximum Gasteiger partial charge on any atom is 0.330 e. The molecule has 0 amide bonds. The number of hydrogen-bond acceptors (Lipinski definition) is 3. The summed E-state index contributed by atoms with van der Waals surface area (Å²) in [5.41, 5.74) is 7.31. The third kappa shape index (κ3) is 3.07. The van der Waals surface area contributed by atoms with Crippen LogP contribution in [0.15, 0.2) is 0 Å². The van der Waals surface area contributed by atoms with Gasteiger partial charge in [0.2, 0.25) is 0 Å². The van der Waals surface area contributed by atoms with Crippen molar-refractivity contribution >= 4 is 5.97 Å². The van der Waals surface area contributed by atoms with Gasteiger partial charge in [0.05, 0.1) is 0 Å². The molecule has 0 spiro atoms. The van der Waals surface area contributed by atoms with E-state index < -0.39 is 30.5 Å². The van der Waals surface area contributed by atoms with Gasteiger partial charge in [-0.3, -0.25) is 0 Å². The molecule has 0 saturated heterocycles. The number of hydrogen-bond donors (Lipinski definition) is 3. The van der Waals surface area contributed by atoms with Crippen LogP contribution >= 0.6 is 0 Å². The van der Waals surface area contributed by atoms with Gasteiger partial charge >= 0.3 is 11.9 Å². The van der Waals surface area contributed by atoms with Crippen molar-refractivity contribution in [1.29, 1.82) is 0 Å². The standard InChI is InChI=1S/C8H15F3N2O2/c9-5-8(10,11)7(13,6(14)15)3-1-2-4-12/h1-5,12-13H2,(H,14,15)/t7-/m0/s1. The summed E-state index contributed by atoms with van der Waals surface area (Å²) in [4.78, 5) is 10.6. The Bertz CT molecular complexity index is 226. The highest BCUT2D eigenvalue weighted by Gasteiger charge is 2.56. The monoisotopic (exact) mass is 228 g/mol. The van der Waals surface area contributed by atoms with Gasteiger partial charge < -0.3 is 16.6 Å². The van der Waals surface area contributed by atoms with Crippen molar-refractivity contribution in [2.75, 3.05) is 13.2 Å². The minimum absolute atomic E-state index is 0.120. The summed E-state index contributed by atoms with van der Waals surface area (Å²) < 4.78 is 38.0. The van der Waals surface area contributed by atoms with E-state index in [0.717, 1.165) is 0 Å². The van der Waals surface area contributed by atoms with Crippen LogP contribution in [0.1, 0.15) is 19.3 Å². The zero-order valence-corrected chi connectivity index (χ0v) is 8.18. The molecule has 0 aliphatic rings. The molecule has 0 saturated carbocycles. The molecule has 0 aromatic heterocycles. The largest absolute Gasteiger partial charge is 0.480 e. The molecule has 90 valence electrons. The first-order chi connectivity index (χ1) is 6.81. The number of halogens is 3. The quantitative estimate of drug-likeness (QED) is 0.553. The van der Waals surface area contributed by atoms with Gasteiger partial charge in [0, 0.05) is 0 Å². The molecule has 1 atom stereocenters. The molecule has 0 bridgehead atoms. The maximum absolute atomic E-state index is 13.0. The smallest absolute Gasteiger partial charge is 0.330 e. The van der Waals surface area contributed by atoms with E-state index in [0.29, 0.717) is 6.42 Å². The average Bonchev–Trinajstić information content (AvgIpc) is 2.17. The minimum Gasteiger partial charge on any atom is -0.480 e. The molecule has 0 aliphatic carbocycles. The van der Waals surface area contributed by atoms with Crippen LogP contribution in [0.3, 0.4) is 0 Å². The molecular formula is C8H15F3N2O2. The summed E-state index contributed by atoms with van der Waals surface area (Å²) in [5.74, 6) is -5.96. The molecule has 0 rings (SSSR count). The van der Waals surface area contributed by atoms with Gasteiger partial charge in [0.1, 0.15) is 0 Å². The third-order valence-corrected chi connectivity index (χ3v) is 2.23. The van der Waals surface area contributed by atoms with Crippen molar-refractivity contribution < 1.29 is 23.1 Å². The second-order valence-electron chi connectivity index (χ2n) is 3.36. The van der Waals surface area contributed by atoms with Crippen LogP contribution < -0.4 is 11.5 Å². The van der Waals surface area contributed by atoms with Gasteiger partial charge in [-0.15, -0.1) is 0 Å². The first kappa shape index (κ1) is 14.2. The van der Waals surface area contributed by atoms with Gasteiger partial charge in [0.25, 0.3) is 0 Å². The second kappa shape index (κ2) is 5.32. The van der Waals surface area contributed by atoms with Crippen LogP contribution in [0.25, 0.3) is 0 Å². The molecule has 0 aromatic rings. The Morgan fingerprint density at radius 1 is 1.33 bits per heavy atom. The number of nitrogens with two attached hydrogens (primary N) is 2. The van der Waals surface area contributed by atoms with E-state index in [1.165, 1.54) is 0 Å². The Hall–Kier alpha value is -0.820. The lowest BCUT2D eigenvalue weighted by molar-refractivity contribution is -0.165. The molecule has 7 heteroatoms. The van der Waals surface area contributed by atoms with Crippen LogP contribution in [0.4, 0.5) is 13.2 Å². The lowest BCUT2D eigenvalue weighted by Gasteiger charge is -2.31. The summed E-state index contributed by atoms with van der Waals surface area (Å²) in [7, 11) is 0. The van der Waals surface area contributed by atoms with E-state index in [-0.39, 0.29) is 13.0 Å². The van der Waals surface area contributed by atoms with E-state index in [2.05, 4.69) is 0 Å². The highest BCUT2D eigenvalue weighted by Crippen LogP contribution is 2.31. The van der Waals surface area contributed by atoms with Crippen molar-refractivity contribution in [2.45, 2.75) is 30.7 Å². The van der Waals surface area contributed by atoms with Crippen LogP contribution in [0, 0.1) is 0 Å². The molecule has 0 radical (unpaired) electrons. The Balaban J connectivity index is 4.67. The Morgan fingerprint density at radius 2 is 1.87 bits per heavy atom. The summed E-state index contributed by atoms with van der Waals surface area (Å²) in [6.07, 6.45) is -0.0139. The molecule has 0 heterocycles. The maximum atomic E-state index is 13.0. The fourth-order valence-corrected chi connectivity index (χ4v) is 1.11. The van der Waals surface area contributed by atoms with Crippen molar-refractivity contribution in [1.82, 2.24) is 0 Å². The lowest BCUT2D eigenvalue weighted by Crippen LogP contribution is -2.62. The third-order valence-electron chi connectivity index (χ3n) is 2.23. The van der Waals surface area contributed by atoms with Gasteiger partial charge in [-0.1, -0.05) is 0 Å². The molecule has 0 unspecified atom stereocenters. The predicted octanol–water partition coefficient (Wildman–Crippen LogP) is 0.502. The topological polar surface area (TPSA) is 89.3 Å². The fraction of sp³-hybridized carbons (Fsp3) is 0.875. The molecule has 0 aromatic carbocycles. The van der Waals surface area contributed by atoms with E-state index in [9.17, 15) is 18.0 Å². The number of rotatable bonds is 7. The van der Waals surface area contributed by atoms with E-state index in [4.69, 9.17) is 16.6 Å². The molecular weight excluding hydrogens is 213 g/mol. The minimum atomic E-state index is -4.06. The van der Waals surface area contributed by atoms with E-state index in [1.54, 1.807) is 0 Å². The zero-order valence-electron chi connectivity index (χ0n) is 8.18. The van der Waals surface area contributed by atoms with Gasteiger partial charge in [-0.2, -0.15) is 0 Å². The van der Waals surface area contributed by atoms with Crippen molar-refractivity contribution in [2.24, 2.45) is 11.5 Å². The highest BCUT2D eigenvalue weighted by atomic mass is 19.3. The van der Waals surface area contributed by atoms with Crippen molar-refractivity contribution in [3.63, 3.8) is 0 Å². The second-order valence-corrected chi connectivity index (χ2v) is 3.36. The predicted molar refractivity (Wildman–Crippen MR) is 48.4 cm³/mol. The summed E-state index contributed by atoms with van der Waals surface area (Å²) in [6.45, 7) is -1.84. The van der Waals surface area contributed by atoms with Crippen molar-refractivity contribution in [3.05, 3.63) is 0 Å². The summed E-state index contributed by atoms with van der Waals surface area (Å²) >= 11 is 0. The summed E-state index contributed by atoms with van der Waals surface area (Å²) in [5, 5.41) is 8.60. The Labute approximate surface area is 85.4 Å². The Kier molecular flexibility index (Phi) is 5.02. The number of aliphatic carboxylic acids is 1. The summed E-state index contributed by atoms with van der Waals surface area (Å²) in [6, 6.07) is 0. The van der Waals surface area contributed by atoms with Crippen LogP contribution in [0.2, 0.25) is 0 Å². The molecule has 4 nitrogen and oxygen atoms in total. The molecule has 0 aliphatic heterocycles. The van der Waals surface area contributed by atoms with E-state index >= 15 is 0 Å². The zero-order chi connectivity index (χ0) is 12.1. The SMILES string of the molecule is NCCCC[C@](N)(C(=O)O)C(F)(F)CF. The number of carboxylic acids is 1. The molecule has 15 heavy (non-hydrogen) atoms. The molecule has 0 fully saturated rings. The van der Waals surface area contributed by atoms with E-state index in [1.807, 2.05) is 0 Å². The number of carboxylic acid groups (broad SMARTS) is 1. The normalized spacial score (nSPS) is 16.1. The average molecular weight is 228 g/mol. The molecule has 5 N–H and O–H groups in total. The van der Waals surface area contributed by atoms with Gasteiger partial charge in [0.15, 0.2) is 12.2 Å². The van der Waals surface area contributed by atoms with Crippen molar-refractivity contribution in [3.8, 4) is 0 Å². The first-order valence-electron chi connectivity index (χ1n) is 4.48. The van der Waals surface area contributed by atoms with Gasteiger partial charge in [-0.05, 0) is 25.8 Å². The van der Waals surface area contributed by atoms with Crippen LogP contribution in [-0.4, -0.2) is 35.8 Å². The number of alkyl halides is 3. The van der Waals surface area contributed by atoms with Crippen LogP contribution in [-0.2, 0) is 4.79 Å². The Morgan fingerprint density at radius 3 is 2.20 bits per heavy atom. The first-order valence-corrected chi connectivity index (χ1v) is 4.48. The number of carbonyl (C=O) groups is 1. The van der Waals surface area contributed by atoms with Crippen LogP contribution in [0.5, 0.6) is 0 Å². The highest BCUT2D eigenvalue weighted by molar-refractivity contribution is 5.80. The lowest BCUT2D eigenvalue weighted by atomic mass is 9.87.